The first-order valence-electron chi connectivity index (χ1n) is 6.75. The van der Waals surface area contributed by atoms with Gasteiger partial charge in [0.05, 0.1) is 11.6 Å². The number of oxime groups is 1. The lowest BCUT2D eigenvalue weighted by Crippen LogP contribution is -2.38. The highest BCUT2D eigenvalue weighted by atomic mass is 16.5. The Kier molecular flexibility index (Phi) is 3.14. The standard InChI is InChI=1S/C12H19N5O2/c13-10(16-18)11-14-8-17(15-11)9-3-6-19-12(7-9)4-1-2-5-12/h8-9,18H,1-7H2,(H2,13,16). The van der Waals surface area contributed by atoms with Gasteiger partial charge in [-0.15, -0.1) is 5.10 Å². The van der Waals surface area contributed by atoms with Crippen LogP contribution in [0.5, 0.6) is 0 Å². The third kappa shape index (κ3) is 2.30. The van der Waals surface area contributed by atoms with E-state index in [0.29, 0.717) is 6.04 Å². The summed E-state index contributed by atoms with van der Waals surface area (Å²) in [5.41, 5.74) is 5.54. The predicted molar refractivity (Wildman–Crippen MR) is 68.0 cm³/mol. The lowest BCUT2D eigenvalue weighted by Gasteiger charge is -2.38. The first-order chi connectivity index (χ1) is 9.22. The van der Waals surface area contributed by atoms with Crippen LogP contribution in [-0.2, 0) is 4.74 Å². The van der Waals surface area contributed by atoms with Gasteiger partial charge in [0.15, 0.2) is 0 Å². The van der Waals surface area contributed by atoms with Crippen LogP contribution in [0, 0.1) is 0 Å². The molecule has 0 aromatic carbocycles. The molecule has 1 unspecified atom stereocenters. The van der Waals surface area contributed by atoms with Crippen LogP contribution in [0.15, 0.2) is 11.5 Å². The van der Waals surface area contributed by atoms with E-state index in [2.05, 4.69) is 15.2 Å². The minimum Gasteiger partial charge on any atom is -0.409 e. The number of nitrogens with zero attached hydrogens (tertiary/aromatic N) is 4. The van der Waals surface area contributed by atoms with E-state index in [4.69, 9.17) is 15.7 Å². The fourth-order valence-electron chi connectivity index (χ4n) is 3.21. The molecular formula is C12H19N5O2. The van der Waals surface area contributed by atoms with E-state index in [9.17, 15) is 0 Å². The molecule has 1 saturated heterocycles. The minimum absolute atomic E-state index is 0.0473. The van der Waals surface area contributed by atoms with Crippen molar-refractivity contribution in [3.63, 3.8) is 0 Å². The number of nitrogens with two attached hydrogens (primary N) is 1. The van der Waals surface area contributed by atoms with Crippen LogP contribution in [0.3, 0.4) is 0 Å². The first kappa shape index (κ1) is 12.4. The summed E-state index contributed by atoms with van der Waals surface area (Å²) in [5, 5.41) is 15.8. The van der Waals surface area contributed by atoms with E-state index < -0.39 is 0 Å². The van der Waals surface area contributed by atoms with Crippen molar-refractivity contribution in [1.29, 1.82) is 0 Å². The van der Waals surface area contributed by atoms with E-state index in [0.717, 1.165) is 32.3 Å². The van der Waals surface area contributed by atoms with Crippen molar-refractivity contribution in [3.05, 3.63) is 12.2 Å². The van der Waals surface area contributed by atoms with Crippen LogP contribution in [0.2, 0.25) is 0 Å². The molecule has 2 fully saturated rings. The van der Waals surface area contributed by atoms with Crippen molar-refractivity contribution in [2.75, 3.05) is 6.61 Å². The summed E-state index contributed by atoms with van der Waals surface area (Å²) < 4.78 is 7.83. The zero-order valence-electron chi connectivity index (χ0n) is 10.8. The molecule has 1 aromatic rings. The number of hydrogen-bond donors (Lipinski definition) is 2. The zero-order valence-corrected chi connectivity index (χ0v) is 10.8. The Morgan fingerprint density at radius 2 is 2.32 bits per heavy atom. The van der Waals surface area contributed by atoms with Crippen LogP contribution >= 0.6 is 0 Å². The van der Waals surface area contributed by atoms with Crippen molar-refractivity contribution in [3.8, 4) is 0 Å². The van der Waals surface area contributed by atoms with Gasteiger partial charge in [-0.3, -0.25) is 0 Å². The number of amidine groups is 1. The van der Waals surface area contributed by atoms with E-state index >= 15 is 0 Å². The topological polar surface area (TPSA) is 98.6 Å². The summed E-state index contributed by atoms with van der Waals surface area (Å²) in [5.74, 6) is 0.218. The third-order valence-corrected chi connectivity index (χ3v) is 4.20. The van der Waals surface area contributed by atoms with E-state index in [1.165, 1.54) is 12.8 Å². The van der Waals surface area contributed by atoms with Crippen LogP contribution in [0.1, 0.15) is 50.4 Å². The van der Waals surface area contributed by atoms with Gasteiger partial charge >= 0.3 is 0 Å². The van der Waals surface area contributed by atoms with Crippen molar-refractivity contribution in [2.24, 2.45) is 10.9 Å². The van der Waals surface area contributed by atoms with Crippen molar-refractivity contribution in [1.82, 2.24) is 14.8 Å². The fraction of sp³-hybridized carbons (Fsp3) is 0.750. The molecule has 0 amide bonds. The Balaban J connectivity index is 1.76. The lowest BCUT2D eigenvalue weighted by molar-refractivity contribution is -0.0910. The molecule has 0 radical (unpaired) electrons. The molecule has 19 heavy (non-hydrogen) atoms. The average Bonchev–Trinajstić information content (AvgIpc) is 3.08. The second-order valence-corrected chi connectivity index (χ2v) is 5.42. The van der Waals surface area contributed by atoms with Crippen LogP contribution in [0.25, 0.3) is 0 Å². The van der Waals surface area contributed by atoms with Gasteiger partial charge in [0, 0.05) is 6.61 Å². The summed E-state index contributed by atoms with van der Waals surface area (Å²) in [6.07, 6.45) is 8.36. The highest BCUT2D eigenvalue weighted by Gasteiger charge is 2.40. The van der Waals surface area contributed by atoms with Gasteiger partial charge < -0.3 is 15.7 Å². The Bertz CT molecular complexity index is 478. The summed E-state index contributed by atoms with van der Waals surface area (Å²) in [7, 11) is 0. The van der Waals surface area contributed by atoms with Crippen LogP contribution in [0.4, 0.5) is 0 Å². The lowest BCUT2D eigenvalue weighted by atomic mass is 9.89. The maximum Gasteiger partial charge on any atom is 0.219 e. The van der Waals surface area contributed by atoms with Gasteiger partial charge in [-0.25, -0.2) is 9.67 Å². The summed E-state index contributed by atoms with van der Waals surface area (Å²) in [6.45, 7) is 0.767. The van der Waals surface area contributed by atoms with Crippen molar-refractivity contribution in [2.45, 2.75) is 50.2 Å². The van der Waals surface area contributed by atoms with Crippen molar-refractivity contribution >= 4 is 5.84 Å². The van der Waals surface area contributed by atoms with Gasteiger partial charge in [0.2, 0.25) is 11.7 Å². The maximum atomic E-state index is 8.63. The monoisotopic (exact) mass is 265 g/mol. The SMILES string of the molecule is NC(=NO)c1ncn(C2CCOC3(CCCC3)C2)n1. The second kappa shape index (κ2) is 4.80. The van der Waals surface area contributed by atoms with Crippen molar-refractivity contribution < 1.29 is 9.94 Å². The predicted octanol–water partition coefficient (Wildman–Crippen LogP) is 1.04. The van der Waals surface area contributed by atoms with E-state index in [-0.39, 0.29) is 17.3 Å². The smallest absolute Gasteiger partial charge is 0.219 e. The molecule has 3 rings (SSSR count). The molecule has 2 heterocycles. The Morgan fingerprint density at radius 1 is 1.53 bits per heavy atom. The number of ether oxygens (including phenoxy) is 1. The highest BCUT2D eigenvalue weighted by Crippen LogP contribution is 2.43. The number of rotatable bonds is 2. The first-order valence-corrected chi connectivity index (χ1v) is 6.75. The zero-order chi connectivity index (χ0) is 13.3. The molecule has 1 spiro atoms. The highest BCUT2D eigenvalue weighted by molar-refractivity contribution is 5.93. The molecule has 2 aliphatic rings. The average molecular weight is 265 g/mol. The third-order valence-electron chi connectivity index (χ3n) is 4.20. The van der Waals surface area contributed by atoms with Gasteiger partial charge in [-0.05, 0) is 25.7 Å². The molecule has 3 N–H and O–H groups in total. The summed E-state index contributed by atoms with van der Waals surface area (Å²) in [6, 6.07) is 0.291. The normalized spacial score (nSPS) is 26.9. The summed E-state index contributed by atoms with van der Waals surface area (Å²) in [4.78, 5) is 4.07. The van der Waals surface area contributed by atoms with Crippen LogP contribution in [-0.4, -0.2) is 38.0 Å². The molecular weight excluding hydrogens is 246 g/mol. The van der Waals surface area contributed by atoms with E-state index in [1.807, 2.05) is 4.68 Å². The molecule has 7 heteroatoms. The molecule has 1 atom stereocenters. The van der Waals surface area contributed by atoms with Gasteiger partial charge in [0.25, 0.3) is 0 Å². The van der Waals surface area contributed by atoms with Gasteiger partial charge in [-0.2, -0.15) is 0 Å². The Hall–Kier alpha value is -1.63. The molecule has 1 aliphatic carbocycles. The van der Waals surface area contributed by atoms with E-state index in [1.54, 1.807) is 6.33 Å². The molecule has 0 bridgehead atoms. The molecule has 104 valence electrons. The number of aromatic nitrogens is 3. The minimum atomic E-state index is -0.0543. The molecule has 7 nitrogen and oxygen atoms in total. The van der Waals surface area contributed by atoms with Crippen LogP contribution < -0.4 is 5.73 Å². The molecule has 1 saturated carbocycles. The number of hydrogen-bond acceptors (Lipinski definition) is 5. The quantitative estimate of drug-likeness (QED) is 0.360. The largest absolute Gasteiger partial charge is 0.409 e. The van der Waals surface area contributed by atoms with Gasteiger partial charge in [0.1, 0.15) is 6.33 Å². The molecule has 1 aliphatic heterocycles. The van der Waals surface area contributed by atoms with Gasteiger partial charge in [-0.1, -0.05) is 18.0 Å². The fourth-order valence-corrected chi connectivity index (χ4v) is 3.21. The Morgan fingerprint density at radius 3 is 3.05 bits per heavy atom. The Labute approximate surface area is 111 Å². The second-order valence-electron chi connectivity index (χ2n) is 5.42. The summed E-state index contributed by atoms with van der Waals surface area (Å²) >= 11 is 0. The maximum absolute atomic E-state index is 8.63. The molecule has 1 aromatic heterocycles.